The number of aliphatic imine (C=N–C) groups is 1. The van der Waals surface area contributed by atoms with Gasteiger partial charge in [0, 0.05) is 65.1 Å². The smallest absolute Gasteiger partial charge is 0.276 e. The molecule has 1 aliphatic heterocycles. The highest BCUT2D eigenvalue weighted by Crippen LogP contribution is 2.13. The predicted octanol–water partition coefficient (Wildman–Crippen LogP) is 2.35. The van der Waals surface area contributed by atoms with Crippen molar-refractivity contribution in [3.8, 4) is 11.6 Å². The van der Waals surface area contributed by atoms with Gasteiger partial charge in [0.15, 0.2) is 11.8 Å². The summed E-state index contributed by atoms with van der Waals surface area (Å²) in [4.78, 5) is 15.8. The first kappa shape index (κ1) is 25.5. The molecule has 2 N–H and O–H groups in total. The number of hydrogen-bond acceptors (Lipinski definition) is 7. The second-order valence-electron chi connectivity index (χ2n) is 7.35. The molecule has 172 valence electrons. The van der Waals surface area contributed by atoms with Crippen molar-refractivity contribution in [2.24, 2.45) is 4.99 Å². The van der Waals surface area contributed by atoms with E-state index in [1.165, 1.54) is 0 Å². The van der Waals surface area contributed by atoms with E-state index in [9.17, 15) is 0 Å². The van der Waals surface area contributed by atoms with Gasteiger partial charge >= 0.3 is 0 Å². The normalized spacial score (nSPS) is 15.5. The SMILES string of the molecule is CCNC(=NCCc1noc(-c2ccccn2)n1)NC1CCN(CCCOC)CC1.I. The molecule has 0 atom stereocenters. The van der Waals surface area contributed by atoms with Crippen LogP contribution in [0, 0.1) is 0 Å². The molecule has 2 aromatic rings. The molecule has 31 heavy (non-hydrogen) atoms. The van der Waals surface area contributed by atoms with Crippen molar-refractivity contribution in [3.63, 3.8) is 0 Å². The summed E-state index contributed by atoms with van der Waals surface area (Å²) in [6.07, 6.45) is 5.66. The highest BCUT2D eigenvalue weighted by molar-refractivity contribution is 14.0. The van der Waals surface area contributed by atoms with E-state index in [1.807, 2.05) is 18.2 Å². The fourth-order valence-electron chi connectivity index (χ4n) is 3.46. The number of piperidine rings is 1. The Bertz CT molecular complexity index is 764. The monoisotopic (exact) mass is 543 g/mol. The first-order valence-electron chi connectivity index (χ1n) is 10.8. The number of likely N-dealkylation sites (tertiary alicyclic amines) is 1. The third-order valence-corrected chi connectivity index (χ3v) is 5.05. The summed E-state index contributed by atoms with van der Waals surface area (Å²) in [5.74, 6) is 1.93. The third kappa shape index (κ3) is 8.69. The molecule has 0 bridgehead atoms. The Hall–Kier alpha value is -1.79. The fraction of sp³-hybridized carbons (Fsp3) is 0.619. The maximum Gasteiger partial charge on any atom is 0.276 e. The van der Waals surface area contributed by atoms with Crippen LogP contribution in [0.15, 0.2) is 33.9 Å². The number of aromatic nitrogens is 3. The Labute approximate surface area is 201 Å². The van der Waals surface area contributed by atoms with Gasteiger partial charge in [-0.2, -0.15) is 4.98 Å². The Balaban J connectivity index is 0.00000341. The van der Waals surface area contributed by atoms with Gasteiger partial charge in [-0.25, -0.2) is 0 Å². The van der Waals surface area contributed by atoms with Crippen molar-refractivity contribution in [2.45, 2.75) is 38.6 Å². The average molecular weight is 543 g/mol. The first-order valence-corrected chi connectivity index (χ1v) is 10.8. The number of nitrogens with one attached hydrogen (secondary N) is 2. The van der Waals surface area contributed by atoms with Crippen LogP contribution in [0.25, 0.3) is 11.6 Å². The van der Waals surface area contributed by atoms with Crippen molar-refractivity contribution in [3.05, 3.63) is 30.2 Å². The van der Waals surface area contributed by atoms with Gasteiger partial charge in [0.25, 0.3) is 5.89 Å². The highest BCUT2D eigenvalue weighted by atomic mass is 127. The molecule has 1 fully saturated rings. The van der Waals surface area contributed by atoms with Crippen molar-refractivity contribution in [1.29, 1.82) is 0 Å². The van der Waals surface area contributed by atoms with Crippen molar-refractivity contribution < 1.29 is 9.26 Å². The van der Waals surface area contributed by atoms with Crippen LogP contribution in [0.4, 0.5) is 0 Å². The lowest BCUT2D eigenvalue weighted by molar-refractivity contribution is 0.155. The minimum absolute atomic E-state index is 0. The summed E-state index contributed by atoms with van der Waals surface area (Å²) < 4.78 is 10.5. The Morgan fingerprint density at radius 1 is 1.32 bits per heavy atom. The van der Waals surface area contributed by atoms with Crippen LogP contribution in [-0.2, 0) is 11.2 Å². The summed E-state index contributed by atoms with van der Waals surface area (Å²) in [6.45, 7) is 7.66. The van der Waals surface area contributed by atoms with E-state index >= 15 is 0 Å². The topological polar surface area (TPSA) is 101 Å². The molecule has 0 saturated carbocycles. The van der Waals surface area contributed by atoms with Crippen LogP contribution in [0.2, 0.25) is 0 Å². The lowest BCUT2D eigenvalue weighted by Crippen LogP contribution is -2.49. The molecule has 0 spiro atoms. The number of methoxy groups -OCH3 is 1. The summed E-state index contributed by atoms with van der Waals surface area (Å²) in [5, 5.41) is 10.9. The van der Waals surface area contributed by atoms with Crippen LogP contribution >= 0.6 is 24.0 Å². The van der Waals surface area contributed by atoms with Gasteiger partial charge in [-0.05, 0) is 38.3 Å². The van der Waals surface area contributed by atoms with Gasteiger partial charge in [-0.3, -0.25) is 9.98 Å². The molecule has 1 aliphatic rings. The molecule has 3 heterocycles. The molecule has 0 aliphatic carbocycles. The largest absolute Gasteiger partial charge is 0.385 e. The van der Waals surface area contributed by atoms with E-state index in [0.29, 0.717) is 36.4 Å². The molecular formula is C21H34IN7O2. The quantitative estimate of drug-likeness (QED) is 0.204. The lowest BCUT2D eigenvalue weighted by atomic mass is 10.1. The number of guanidine groups is 1. The van der Waals surface area contributed by atoms with E-state index in [2.05, 4.69) is 37.6 Å². The molecule has 2 aromatic heterocycles. The average Bonchev–Trinajstić information content (AvgIpc) is 3.25. The van der Waals surface area contributed by atoms with Crippen LogP contribution < -0.4 is 10.6 Å². The molecular weight excluding hydrogens is 509 g/mol. The van der Waals surface area contributed by atoms with Gasteiger partial charge in [0.05, 0.1) is 0 Å². The van der Waals surface area contributed by atoms with Crippen LogP contribution in [-0.4, -0.2) is 78.5 Å². The van der Waals surface area contributed by atoms with E-state index in [0.717, 1.165) is 58.0 Å². The van der Waals surface area contributed by atoms with Gasteiger partial charge in [-0.15, -0.1) is 24.0 Å². The van der Waals surface area contributed by atoms with Gasteiger partial charge in [-0.1, -0.05) is 11.2 Å². The maximum atomic E-state index is 5.31. The molecule has 0 amide bonds. The number of rotatable bonds is 10. The third-order valence-electron chi connectivity index (χ3n) is 5.05. The maximum absolute atomic E-state index is 5.31. The van der Waals surface area contributed by atoms with E-state index in [-0.39, 0.29) is 24.0 Å². The van der Waals surface area contributed by atoms with E-state index < -0.39 is 0 Å². The number of hydrogen-bond donors (Lipinski definition) is 2. The summed E-state index contributed by atoms with van der Waals surface area (Å²) in [6, 6.07) is 6.05. The molecule has 0 unspecified atom stereocenters. The minimum Gasteiger partial charge on any atom is -0.385 e. The van der Waals surface area contributed by atoms with E-state index in [1.54, 1.807) is 13.3 Å². The van der Waals surface area contributed by atoms with Crippen molar-refractivity contribution in [1.82, 2.24) is 30.7 Å². The van der Waals surface area contributed by atoms with Crippen LogP contribution in [0.5, 0.6) is 0 Å². The predicted molar refractivity (Wildman–Crippen MR) is 132 cm³/mol. The summed E-state index contributed by atoms with van der Waals surface area (Å²) >= 11 is 0. The van der Waals surface area contributed by atoms with Crippen molar-refractivity contribution in [2.75, 3.05) is 46.4 Å². The lowest BCUT2D eigenvalue weighted by Gasteiger charge is -2.33. The number of ether oxygens (including phenoxy) is 1. The molecule has 1 saturated heterocycles. The van der Waals surface area contributed by atoms with E-state index in [4.69, 9.17) is 14.3 Å². The first-order chi connectivity index (χ1) is 14.8. The van der Waals surface area contributed by atoms with Gasteiger partial charge in [0.2, 0.25) is 0 Å². The standard InChI is InChI=1S/C21H33N7O2.HI/c1-3-22-21(25-17-9-14-28(15-10-17)13-6-16-29-2)24-12-8-19-26-20(30-27-19)18-7-4-5-11-23-18;/h4-5,7,11,17H,3,6,8-10,12-16H2,1-2H3,(H2,22,24,25);1H. The van der Waals surface area contributed by atoms with Crippen LogP contribution in [0.1, 0.15) is 32.0 Å². The summed E-state index contributed by atoms with van der Waals surface area (Å²) in [7, 11) is 1.76. The zero-order chi connectivity index (χ0) is 21.0. The highest BCUT2D eigenvalue weighted by Gasteiger charge is 2.19. The minimum atomic E-state index is 0. The molecule has 0 radical (unpaired) electrons. The fourth-order valence-corrected chi connectivity index (χ4v) is 3.46. The van der Waals surface area contributed by atoms with Crippen LogP contribution in [0.3, 0.4) is 0 Å². The Morgan fingerprint density at radius 2 is 2.16 bits per heavy atom. The second kappa shape index (κ2) is 14.3. The second-order valence-corrected chi connectivity index (χ2v) is 7.35. The Kier molecular flexibility index (Phi) is 11.8. The Morgan fingerprint density at radius 3 is 2.87 bits per heavy atom. The molecule has 3 rings (SSSR count). The number of pyridine rings is 1. The zero-order valence-corrected chi connectivity index (χ0v) is 20.7. The zero-order valence-electron chi connectivity index (χ0n) is 18.4. The van der Waals surface area contributed by atoms with Gasteiger partial charge < -0.3 is 24.8 Å². The molecule has 9 nitrogen and oxygen atoms in total. The van der Waals surface area contributed by atoms with Crippen molar-refractivity contribution >= 4 is 29.9 Å². The molecule has 10 heteroatoms. The summed E-state index contributed by atoms with van der Waals surface area (Å²) in [5.41, 5.74) is 0.684. The number of nitrogens with zero attached hydrogens (tertiary/aromatic N) is 5. The van der Waals surface area contributed by atoms with Gasteiger partial charge in [0.1, 0.15) is 5.69 Å². The number of halogens is 1. The molecule has 0 aromatic carbocycles.